The van der Waals surface area contributed by atoms with E-state index in [1.165, 1.54) is 0 Å². The Hall–Kier alpha value is -0.610. The molecule has 4 heteroatoms. The third-order valence-corrected chi connectivity index (χ3v) is 1.84. The van der Waals surface area contributed by atoms with Crippen LogP contribution < -0.4 is 10.6 Å². The predicted molar refractivity (Wildman–Crippen MR) is 59.3 cm³/mol. The number of rotatable bonds is 8. The maximum absolute atomic E-state index is 11.1. The third kappa shape index (κ3) is 9.48. The minimum Gasteiger partial charge on any atom is -0.356 e. The zero-order valence-corrected chi connectivity index (χ0v) is 9.60. The van der Waals surface area contributed by atoms with Crippen molar-refractivity contribution >= 4 is 5.91 Å². The van der Waals surface area contributed by atoms with Gasteiger partial charge in [-0.1, -0.05) is 6.92 Å². The first-order valence-corrected chi connectivity index (χ1v) is 5.29. The third-order valence-electron chi connectivity index (χ3n) is 1.84. The number of carbonyl (C=O) groups is 1. The lowest BCUT2D eigenvalue weighted by molar-refractivity contribution is -0.120. The largest absolute Gasteiger partial charge is 0.356 e. The van der Waals surface area contributed by atoms with Crippen LogP contribution in [0, 0.1) is 0 Å². The fraction of sp³-hybridized carbons (Fsp3) is 0.900. The number of nitrogens with zero attached hydrogens (tertiary/aromatic N) is 1. The molecule has 0 atom stereocenters. The molecule has 0 aliphatic rings. The first kappa shape index (κ1) is 13.4. The molecule has 0 unspecified atom stereocenters. The van der Waals surface area contributed by atoms with E-state index in [1.807, 2.05) is 14.1 Å². The minimum absolute atomic E-state index is 0.143. The number of amides is 1. The molecule has 0 fully saturated rings. The van der Waals surface area contributed by atoms with Gasteiger partial charge < -0.3 is 15.5 Å². The van der Waals surface area contributed by atoms with E-state index < -0.39 is 0 Å². The van der Waals surface area contributed by atoms with Crippen LogP contribution in [-0.4, -0.2) is 51.1 Å². The monoisotopic (exact) mass is 201 g/mol. The number of hydrogen-bond donors (Lipinski definition) is 2. The summed E-state index contributed by atoms with van der Waals surface area (Å²) in [6.45, 7) is 5.56. The summed E-state index contributed by atoms with van der Waals surface area (Å²) in [7, 11) is 4.07. The van der Waals surface area contributed by atoms with Gasteiger partial charge in [0.25, 0.3) is 0 Å². The van der Waals surface area contributed by atoms with Crippen molar-refractivity contribution in [2.75, 3.05) is 40.3 Å². The van der Waals surface area contributed by atoms with Gasteiger partial charge >= 0.3 is 0 Å². The summed E-state index contributed by atoms with van der Waals surface area (Å²) < 4.78 is 0. The standard InChI is InChI=1S/C10H23N3O/c1-4-6-12-10(14)5-7-11-8-9-13(2)3/h11H,4-9H2,1-3H3,(H,12,14). The smallest absolute Gasteiger partial charge is 0.221 e. The van der Waals surface area contributed by atoms with Crippen molar-refractivity contribution in [2.24, 2.45) is 0 Å². The molecule has 0 aliphatic carbocycles. The van der Waals surface area contributed by atoms with Crippen molar-refractivity contribution in [1.82, 2.24) is 15.5 Å². The molecule has 4 nitrogen and oxygen atoms in total. The van der Waals surface area contributed by atoms with Crippen molar-refractivity contribution in [1.29, 1.82) is 0 Å². The number of carbonyl (C=O) groups excluding carboxylic acids is 1. The van der Waals surface area contributed by atoms with Gasteiger partial charge in [0.1, 0.15) is 0 Å². The molecule has 0 saturated heterocycles. The van der Waals surface area contributed by atoms with E-state index in [1.54, 1.807) is 0 Å². The van der Waals surface area contributed by atoms with Gasteiger partial charge in [-0.3, -0.25) is 4.79 Å². The topological polar surface area (TPSA) is 44.4 Å². The molecule has 0 bridgehead atoms. The molecule has 0 saturated carbocycles. The molecule has 0 radical (unpaired) electrons. The zero-order valence-electron chi connectivity index (χ0n) is 9.60. The molecule has 14 heavy (non-hydrogen) atoms. The molecule has 0 aromatic rings. The van der Waals surface area contributed by atoms with Gasteiger partial charge in [0.05, 0.1) is 0 Å². The maximum Gasteiger partial charge on any atom is 0.221 e. The normalized spacial score (nSPS) is 10.6. The van der Waals surface area contributed by atoms with E-state index >= 15 is 0 Å². The molecular formula is C10H23N3O. The van der Waals surface area contributed by atoms with E-state index in [4.69, 9.17) is 0 Å². The highest BCUT2D eigenvalue weighted by Crippen LogP contribution is 1.79. The SMILES string of the molecule is CCCNC(=O)CCNCCN(C)C. The summed E-state index contributed by atoms with van der Waals surface area (Å²) in [5, 5.41) is 6.06. The minimum atomic E-state index is 0.143. The molecular weight excluding hydrogens is 178 g/mol. The summed E-state index contributed by atoms with van der Waals surface area (Å²) >= 11 is 0. The van der Waals surface area contributed by atoms with Crippen molar-refractivity contribution in [3.05, 3.63) is 0 Å². The van der Waals surface area contributed by atoms with Gasteiger partial charge in [-0.25, -0.2) is 0 Å². The molecule has 0 aromatic carbocycles. The van der Waals surface area contributed by atoms with Crippen LogP contribution in [0.25, 0.3) is 0 Å². The highest BCUT2D eigenvalue weighted by molar-refractivity contribution is 5.75. The van der Waals surface area contributed by atoms with Crippen LogP contribution in [0.4, 0.5) is 0 Å². The maximum atomic E-state index is 11.1. The Labute approximate surface area is 87.0 Å². The lowest BCUT2D eigenvalue weighted by atomic mass is 10.3. The highest BCUT2D eigenvalue weighted by Gasteiger charge is 1.98. The first-order chi connectivity index (χ1) is 6.66. The van der Waals surface area contributed by atoms with Crippen molar-refractivity contribution < 1.29 is 4.79 Å². The molecule has 0 spiro atoms. The molecule has 0 rings (SSSR count). The van der Waals surface area contributed by atoms with Crippen molar-refractivity contribution in [3.8, 4) is 0 Å². The average Bonchev–Trinajstić information content (AvgIpc) is 2.13. The van der Waals surface area contributed by atoms with Crippen LogP contribution in [0.3, 0.4) is 0 Å². The average molecular weight is 201 g/mol. The first-order valence-electron chi connectivity index (χ1n) is 5.29. The van der Waals surface area contributed by atoms with E-state index in [0.29, 0.717) is 6.42 Å². The summed E-state index contributed by atoms with van der Waals surface area (Å²) in [4.78, 5) is 13.3. The second kappa shape index (κ2) is 8.97. The molecule has 0 aliphatic heterocycles. The summed E-state index contributed by atoms with van der Waals surface area (Å²) in [5.74, 6) is 0.143. The Morgan fingerprint density at radius 3 is 2.50 bits per heavy atom. The van der Waals surface area contributed by atoms with Gasteiger partial charge in [-0.05, 0) is 20.5 Å². The van der Waals surface area contributed by atoms with E-state index in [0.717, 1.165) is 32.6 Å². The van der Waals surface area contributed by atoms with Gasteiger partial charge in [0, 0.05) is 32.6 Å². The Morgan fingerprint density at radius 1 is 1.21 bits per heavy atom. The second-order valence-corrected chi connectivity index (χ2v) is 3.65. The lowest BCUT2D eigenvalue weighted by Crippen LogP contribution is -2.31. The quantitative estimate of drug-likeness (QED) is 0.546. The van der Waals surface area contributed by atoms with Crippen molar-refractivity contribution in [2.45, 2.75) is 19.8 Å². The van der Waals surface area contributed by atoms with Gasteiger partial charge in [-0.15, -0.1) is 0 Å². The van der Waals surface area contributed by atoms with Crippen LogP contribution in [0.1, 0.15) is 19.8 Å². The molecule has 2 N–H and O–H groups in total. The number of likely N-dealkylation sites (N-methyl/N-ethyl adjacent to an activating group) is 1. The molecule has 0 aromatic heterocycles. The molecule has 1 amide bonds. The summed E-state index contributed by atoms with van der Waals surface area (Å²) in [5.41, 5.74) is 0. The Balaban J connectivity index is 3.15. The number of nitrogens with one attached hydrogen (secondary N) is 2. The fourth-order valence-corrected chi connectivity index (χ4v) is 0.982. The highest BCUT2D eigenvalue weighted by atomic mass is 16.1. The molecule has 0 heterocycles. The van der Waals surface area contributed by atoms with Gasteiger partial charge in [0.15, 0.2) is 0 Å². The Kier molecular flexibility index (Phi) is 8.57. The summed E-state index contributed by atoms with van der Waals surface area (Å²) in [6.07, 6.45) is 1.58. The van der Waals surface area contributed by atoms with Crippen molar-refractivity contribution in [3.63, 3.8) is 0 Å². The van der Waals surface area contributed by atoms with Crippen LogP contribution >= 0.6 is 0 Å². The van der Waals surface area contributed by atoms with Gasteiger partial charge in [0.2, 0.25) is 5.91 Å². The second-order valence-electron chi connectivity index (χ2n) is 3.65. The van der Waals surface area contributed by atoms with Crippen LogP contribution in [-0.2, 0) is 4.79 Å². The zero-order chi connectivity index (χ0) is 10.8. The van der Waals surface area contributed by atoms with Crippen LogP contribution in [0.15, 0.2) is 0 Å². The van der Waals surface area contributed by atoms with E-state index in [9.17, 15) is 4.79 Å². The van der Waals surface area contributed by atoms with Gasteiger partial charge in [-0.2, -0.15) is 0 Å². The molecule has 84 valence electrons. The van der Waals surface area contributed by atoms with E-state index in [2.05, 4.69) is 22.5 Å². The van der Waals surface area contributed by atoms with Crippen LogP contribution in [0.2, 0.25) is 0 Å². The predicted octanol–water partition coefficient (Wildman–Crippen LogP) is 0.0539. The lowest BCUT2D eigenvalue weighted by Gasteiger charge is -2.10. The Morgan fingerprint density at radius 2 is 1.93 bits per heavy atom. The Bertz CT molecular complexity index is 148. The van der Waals surface area contributed by atoms with E-state index in [-0.39, 0.29) is 5.91 Å². The fourth-order valence-electron chi connectivity index (χ4n) is 0.982. The van der Waals surface area contributed by atoms with Crippen LogP contribution in [0.5, 0.6) is 0 Å². The number of hydrogen-bond acceptors (Lipinski definition) is 3. The summed E-state index contributed by atoms with van der Waals surface area (Å²) in [6, 6.07) is 0.